The Kier molecular flexibility index (Phi) is 5.34. The molecule has 0 spiro atoms. The monoisotopic (exact) mass is 297 g/mol. The molecular weight excluding hydrogens is 278 g/mol. The second kappa shape index (κ2) is 7.23. The molecule has 110 valence electrons. The van der Waals surface area contributed by atoms with E-state index in [4.69, 9.17) is 4.74 Å². The van der Waals surface area contributed by atoms with Gasteiger partial charge in [-0.1, -0.05) is 0 Å². The Hall–Kier alpha value is -1.63. The summed E-state index contributed by atoms with van der Waals surface area (Å²) in [5.41, 5.74) is 0.325. The SMILES string of the molecule is CCOC(=O)c1csc(NCCCC(=O)NC2CC2)n1. The zero-order chi connectivity index (χ0) is 14.4. The molecular formula is C13H19N3O3S. The molecule has 1 aliphatic rings. The Morgan fingerprint density at radius 3 is 3.00 bits per heavy atom. The van der Waals surface area contributed by atoms with Crippen LogP contribution in [0.2, 0.25) is 0 Å². The van der Waals surface area contributed by atoms with Gasteiger partial charge in [0.2, 0.25) is 5.91 Å². The molecule has 0 bridgehead atoms. The molecule has 1 amide bonds. The number of amides is 1. The van der Waals surface area contributed by atoms with Gasteiger partial charge < -0.3 is 15.4 Å². The van der Waals surface area contributed by atoms with Gasteiger partial charge in [0.25, 0.3) is 0 Å². The van der Waals surface area contributed by atoms with E-state index in [1.807, 2.05) is 0 Å². The van der Waals surface area contributed by atoms with Crippen molar-refractivity contribution >= 4 is 28.3 Å². The third kappa shape index (κ3) is 4.80. The second-order valence-electron chi connectivity index (χ2n) is 4.63. The van der Waals surface area contributed by atoms with E-state index in [0.717, 1.165) is 19.3 Å². The maximum atomic E-state index is 11.5. The third-order valence-corrected chi connectivity index (χ3v) is 3.59. The average Bonchev–Trinajstić information content (AvgIpc) is 3.10. The molecule has 1 aromatic rings. The molecule has 20 heavy (non-hydrogen) atoms. The zero-order valence-corrected chi connectivity index (χ0v) is 12.3. The molecule has 1 fully saturated rings. The van der Waals surface area contributed by atoms with Gasteiger partial charge in [0.1, 0.15) is 0 Å². The molecule has 0 unspecified atom stereocenters. The summed E-state index contributed by atoms with van der Waals surface area (Å²) in [4.78, 5) is 27.0. The van der Waals surface area contributed by atoms with E-state index < -0.39 is 5.97 Å². The summed E-state index contributed by atoms with van der Waals surface area (Å²) >= 11 is 1.36. The van der Waals surface area contributed by atoms with Gasteiger partial charge in [0.15, 0.2) is 10.8 Å². The molecule has 1 aromatic heterocycles. The summed E-state index contributed by atoms with van der Waals surface area (Å²) in [6, 6.07) is 0.418. The maximum absolute atomic E-state index is 11.5. The number of aromatic nitrogens is 1. The van der Waals surface area contributed by atoms with Crippen molar-refractivity contribution in [2.45, 2.75) is 38.6 Å². The number of carbonyl (C=O) groups is 2. The number of nitrogens with zero attached hydrogens (tertiary/aromatic N) is 1. The van der Waals surface area contributed by atoms with Crippen LogP contribution in [-0.4, -0.2) is 36.1 Å². The first-order valence-corrected chi connectivity index (χ1v) is 7.73. The first-order chi connectivity index (χ1) is 9.69. The van der Waals surface area contributed by atoms with Crippen LogP contribution < -0.4 is 10.6 Å². The summed E-state index contributed by atoms with van der Waals surface area (Å²) in [6.45, 7) is 2.76. The maximum Gasteiger partial charge on any atom is 0.357 e. The summed E-state index contributed by atoms with van der Waals surface area (Å²) in [5.74, 6) is -0.290. The van der Waals surface area contributed by atoms with Gasteiger partial charge >= 0.3 is 5.97 Å². The van der Waals surface area contributed by atoms with Crippen LogP contribution >= 0.6 is 11.3 Å². The predicted molar refractivity (Wildman–Crippen MR) is 77.0 cm³/mol. The fourth-order valence-corrected chi connectivity index (χ4v) is 2.33. The van der Waals surface area contributed by atoms with Gasteiger partial charge in [-0.2, -0.15) is 0 Å². The molecule has 0 saturated heterocycles. The number of carbonyl (C=O) groups excluding carboxylic acids is 2. The smallest absolute Gasteiger partial charge is 0.357 e. The molecule has 0 atom stereocenters. The minimum absolute atomic E-state index is 0.112. The fraction of sp³-hybridized carbons (Fsp3) is 0.615. The number of thiazole rings is 1. The van der Waals surface area contributed by atoms with E-state index in [-0.39, 0.29) is 5.91 Å². The van der Waals surface area contributed by atoms with Crippen LogP contribution in [0.25, 0.3) is 0 Å². The fourth-order valence-electron chi connectivity index (χ4n) is 1.63. The molecule has 0 aliphatic heterocycles. The number of ether oxygens (including phenoxy) is 1. The van der Waals surface area contributed by atoms with Gasteiger partial charge in [-0.3, -0.25) is 4.79 Å². The van der Waals surface area contributed by atoms with Crippen LogP contribution in [0.5, 0.6) is 0 Å². The van der Waals surface area contributed by atoms with E-state index in [2.05, 4.69) is 15.6 Å². The summed E-state index contributed by atoms with van der Waals surface area (Å²) < 4.78 is 4.87. The highest BCUT2D eigenvalue weighted by atomic mass is 32.1. The van der Waals surface area contributed by atoms with Gasteiger partial charge in [-0.15, -0.1) is 11.3 Å². The molecule has 1 saturated carbocycles. The number of rotatable bonds is 8. The lowest BCUT2D eigenvalue weighted by Crippen LogP contribution is -2.25. The van der Waals surface area contributed by atoms with Crippen LogP contribution in [0.4, 0.5) is 5.13 Å². The number of nitrogens with one attached hydrogen (secondary N) is 2. The van der Waals surface area contributed by atoms with E-state index in [1.165, 1.54) is 11.3 Å². The van der Waals surface area contributed by atoms with Crippen molar-refractivity contribution in [3.05, 3.63) is 11.1 Å². The van der Waals surface area contributed by atoms with Crippen LogP contribution in [-0.2, 0) is 9.53 Å². The van der Waals surface area contributed by atoms with Crippen LogP contribution in [0.1, 0.15) is 43.1 Å². The number of hydrogen-bond acceptors (Lipinski definition) is 6. The van der Waals surface area contributed by atoms with Crippen molar-refractivity contribution in [2.24, 2.45) is 0 Å². The Morgan fingerprint density at radius 1 is 1.50 bits per heavy atom. The minimum atomic E-state index is -0.402. The van der Waals surface area contributed by atoms with Crippen molar-refractivity contribution < 1.29 is 14.3 Å². The standard InChI is InChI=1S/C13H19N3O3S/c1-2-19-12(18)10-8-20-13(16-10)14-7-3-4-11(17)15-9-5-6-9/h8-9H,2-7H2,1H3,(H,14,16)(H,15,17). The normalized spacial score (nSPS) is 13.8. The van der Waals surface area contributed by atoms with Gasteiger partial charge in [-0.25, -0.2) is 9.78 Å². The van der Waals surface area contributed by atoms with Crippen LogP contribution in [0.3, 0.4) is 0 Å². The van der Waals surface area contributed by atoms with Gasteiger partial charge in [0, 0.05) is 24.4 Å². The quantitative estimate of drug-likeness (QED) is 0.565. The van der Waals surface area contributed by atoms with E-state index in [1.54, 1.807) is 12.3 Å². The number of anilines is 1. The summed E-state index contributed by atoms with van der Waals surface area (Å²) in [6.07, 6.45) is 3.48. The highest BCUT2D eigenvalue weighted by Gasteiger charge is 2.22. The summed E-state index contributed by atoms with van der Waals surface area (Å²) in [5, 5.41) is 8.39. The van der Waals surface area contributed by atoms with E-state index in [9.17, 15) is 9.59 Å². The van der Waals surface area contributed by atoms with E-state index >= 15 is 0 Å². The largest absolute Gasteiger partial charge is 0.461 e. The molecule has 0 aromatic carbocycles. The lowest BCUT2D eigenvalue weighted by atomic mass is 10.3. The molecule has 6 nitrogen and oxygen atoms in total. The van der Waals surface area contributed by atoms with Crippen molar-refractivity contribution in [2.75, 3.05) is 18.5 Å². The minimum Gasteiger partial charge on any atom is -0.461 e. The number of hydrogen-bond donors (Lipinski definition) is 2. The van der Waals surface area contributed by atoms with Crippen molar-refractivity contribution in [3.8, 4) is 0 Å². The third-order valence-electron chi connectivity index (χ3n) is 2.79. The first kappa shape index (κ1) is 14.8. The van der Waals surface area contributed by atoms with E-state index in [0.29, 0.717) is 36.4 Å². The zero-order valence-electron chi connectivity index (χ0n) is 11.5. The number of esters is 1. The molecule has 2 N–H and O–H groups in total. The predicted octanol–water partition coefficient (Wildman–Crippen LogP) is 1.79. The molecule has 0 radical (unpaired) electrons. The lowest BCUT2D eigenvalue weighted by molar-refractivity contribution is -0.121. The topological polar surface area (TPSA) is 80.3 Å². The van der Waals surface area contributed by atoms with Crippen LogP contribution in [0.15, 0.2) is 5.38 Å². The average molecular weight is 297 g/mol. The van der Waals surface area contributed by atoms with Crippen LogP contribution in [0, 0.1) is 0 Å². The summed E-state index contributed by atoms with van der Waals surface area (Å²) in [7, 11) is 0. The Morgan fingerprint density at radius 2 is 2.30 bits per heavy atom. The second-order valence-corrected chi connectivity index (χ2v) is 5.49. The highest BCUT2D eigenvalue weighted by Crippen LogP contribution is 2.19. The Balaban J connectivity index is 1.63. The highest BCUT2D eigenvalue weighted by molar-refractivity contribution is 7.13. The van der Waals surface area contributed by atoms with Crippen molar-refractivity contribution in [3.63, 3.8) is 0 Å². The Bertz CT molecular complexity index is 471. The van der Waals surface area contributed by atoms with Crippen molar-refractivity contribution in [1.82, 2.24) is 10.3 Å². The lowest BCUT2D eigenvalue weighted by Gasteiger charge is -2.04. The molecule has 1 aliphatic carbocycles. The van der Waals surface area contributed by atoms with Gasteiger partial charge in [0.05, 0.1) is 6.61 Å². The Labute approximate surface area is 121 Å². The first-order valence-electron chi connectivity index (χ1n) is 6.85. The molecule has 1 heterocycles. The molecule has 7 heteroatoms. The van der Waals surface area contributed by atoms with Crippen molar-refractivity contribution in [1.29, 1.82) is 0 Å². The molecule has 2 rings (SSSR count). The van der Waals surface area contributed by atoms with Gasteiger partial charge in [-0.05, 0) is 26.2 Å².